The van der Waals surface area contributed by atoms with E-state index in [0.717, 1.165) is 4.90 Å². The lowest BCUT2D eigenvalue weighted by Crippen LogP contribution is -1.76. The molecule has 0 N–H and O–H groups in total. The van der Waals surface area contributed by atoms with Crippen molar-refractivity contribution in [2.45, 2.75) is 17.2 Å². The fraction of sp³-hybridized carbons (Fsp3) is 0.143. The third kappa shape index (κ3) is 6.61. The topological polar surface area (TPSA) is 0 Å². The van der Waals surface area contributed by atoms with Crippen molar-refractivity contribution in [3.8, 4) is 0 Å². The van der Waals surface area contributed by atoms with Crippen molar-refractivity contribution >= 4 is 56.3 Å². The maximum Gasteiger partial charge on any atom is 0.138 e. The first-order valence-corrected chi connectivity index (χ1v) is 8.33. The maximum absolute atomic E-state index is 12.7. The van der Waals surface area contributed by atoms with Crippen LogP contribution in [0.1, 0.15) is 7.43 Å². The average molecular weight is 444 g/mol. The zero-order valence-corrected chi connectivity index (χ0v) is 14.7. The van der Waals surface area contributed by atoms with Crippen LogP contribution in [-0.2, 0) is 0 Å². The Hall–Kier alpha value is -0.0400. The highest BCUT2D eigenvalue weighted by Crippen LogP contribution is 2.21. The molecule has 0 saturated heterocycles. The molecular formula is C14H14Br2F2S2. The lowest BCUT2D eigenvalue weighted by molar-refractivity contribution is 0.617. The van der Waals surface area contributed by atoms with Gasteiger partial charge in [0.05, 0.1) is 8.95 Å². The van der Waals surface area contributed by atoms with E-state index in [2.05, 4.69) is 44.5 Å². The molecule has 0 nitrogen and oxygen atoms in total. The molecule has 2 aromatic carbocycles. The zero-order valence-electron chi connectivity index (χ0n) is 9.83. The van der Waals surface area contributed by atoms with Gasteiger partial charge in [0.25, 0.3) is 0 Å². The van der Waals surface area contributed by atoms with E-state index >= 15 is 0 Å². The Morgan fingerprint density at radius 2 is 1.45 bits per heavy atom. The number of rotatable bonds is 1. The molecule has 20 heavy (non-hydrogen) atoms. The highest BCUT2D eigenvalue weighted by atomic mass is 79.9. The monoisotopic (exact) mass is 442 g/mol. The van der Waals surface area contributed by atoms with Crippen molar-refractivity contribution in [2.75, 3.05) is 6.26 Å². The molecule has 110 valence electrons. The molecule has 0 aromatic heterocycles. The maximum atomic E-state index is 12.7. The molecule has 0 amide bonds. The Bertz CT molecular complexity index is 563. The highest BCUT2D eigenvalue weighted by molar-refractivity contribution is 9.10. The Balaban J connectivity index is 0.000000345. The molecule has 0 heterocycles. The second-order valence-electron chi connectivity index (χ2n) is 3.38. The van der Waals surface area contributed by atoms with Crippen LogP contribution in [0.3, 0.4) is 0 Å². The number of thioether (sulfide) groups is 1. The summed E-state index contributed by atoms with van der Waals surface area (Å²) in [4.78, 5) is 1.58. The van der Waals surface area contributed by atoms with E-state index in [0.29, 0.717) is 13.8 Å². The van der Waals surface area contributed by atoms with E-state index in [-0.39, 0.29) is 19.1 Å². The molecule has 6 heteroatoms. The van der Waals surface area contributed by atoms with Crippen molar-refractivity contribution in [3.63, 3.8) is 0 Å². The number of thiol groups is 1. The van der Waals surface area contributed by atoms with Gasteiger partial charge in [-0.2, -0.15) is 0 Å². The van der Waals surface area contributed by atoms with Gasteiger partial charge < -0.3 is 0 Å². The predicted octanol–water partition coefficient (Wildman–Crippen LogP) is 6.82. The van der Waals surface area contributed by atoms with E-state index in [9.17, 15) is 8.78 Å². The van der Waals surface area contributed by atoms with Gasteiger partial charge in [-0.25, -0.2) is 8.78 Å². The minimum absolute atomic E-state index is 0. The second kappa shape index (κ2) is 9.82. The summed E-state index contributed by atoms with van der Waals surface area (Å²) in [5.41, 5.74) is 0. The quantitative estimate of drug-likeness (QED) is 0.372. The van der Waals surface area contributed by atoms with E-state index in [1.54, 1.807) is 18.2 Å². The first-order valence-electron chi connectivity index (χ1n) is 5.07. The van der Waals surface area contributed by atoms with Gasteiger partial charge in [-0.3, -0.25) is 0 Å². The Morgan fingerprint density at radius 1 is 0.950 bits per heavy atom. The number of benzene rings is 2. The van der Waals surface area contributed by atoms with Crippen molar-refractivity contribution in [1.82, 2.24) is 0 Å². The summed E-state index contributed by atoms with van der Waals surface area (Å²) < 4.78 is 26.2. The normalized spacial score (nSPS) is 9.30. The molecule has 0 aliphatic carbocycles. The average Bonchev–Trinajstić information content (AvgIpc) is 2.38. The minimum atomic E-state index is -0.275. The van der Waals surface area contributed by atoms with Crippen LogP contribution in [0.15, 0.2) is 55.1 Å². The molecule has 0 aliphatic rings. The lowest BCUT2D eigenvalue weighted by Gasteiger charge is -1.96. The zero-order chi connectivity index (χ0) is 14.4. The number of hydrogen-bond donors (Lipinski definition) is 1. The standard InChI is InChI=1S/C7H6BrFS.C6H4BrFS.CH4/c1-10-5-2-3-6(8)7(9)4-5;7-5-2-1-4(9)3-6(5)8;/h2-4H,1H3;1-3,9H;1H4. The van der Waals surface area contributed by atoms with Gasteiger partial charge in [-0.15, -0.1) is 24.4 Å². The molecule has 2 rings (SSSR count). The second-order valence-corrected chi connectivity index (χ2v) is 6.48. The van der Waals surface area contributed by atoms with E-state index in [1.165, 1.54) is 23.9 Å². The van der Waals surface area contributed by atoms with Crippen LogP contribution in [-0.4, -0.2) is 6.26 Å². The van der Waals surface area contributed by atoms with Gasteiger partial charge in [0.15, 0.2) is 0 Å². The summed E-state index contributed by atoms with van der Waals surface area (Å²) in [7, 11) is 0. The van der Waals surface area contributed by atoms with Crippen LogP contribution < -0.4 is 0 Å². The first kappa shape index (κ1) is 20.0. The molecule has 0 aliphatic heterocycles. The van der Waals surface area contributed by atoms with Gasteiger partial charge in [0.1, 0.15) is 11.6 Å². The van der Waals surface area contributed by atoms with Crippen LogP contribution in [0.25, 0.3) is 0 Å². The summed E-state index contributed by atoms with van der Waals surface area (Å²) in [6.45, 7) is 0. The fourth-order valence-electron chi connectivity index (χ4n) is 1.09. The predicted molar refractivity (Wildman–Crippen MR) is 94.0 cm³/mol. The van der Waals surface area contributed by atoms with Gasteiger partial charge in [-0.1, -0.05) is 7.43 Å². The Morgan fingerprint density at radius 3 is 1.85 bits per heavy atom. The summed E-state index contributed by atoms with van der Waals surface area (Å²) in [6, 6.07) is 9.79. The van der Waals surface area contributed by atoms with E-state index in [4.69, 9.17) is 0 Å². The number of halogens is 4. The first-order chi connectivity index (χ1) is 8.93. The summed E-state index contributed by atoms with van der Waals surface area (Å²) in [5.74, 6) is -0.477. The fourth-order valence-corrected chi connectivity index (χ4v) is 2.20. The van der Waals surface area contributed by atoms with Crippen LogP contribution in [0.2, 0.25) is 0 Å². The molecule has 0 radical (unpaired) electrons. The van der Waals surface area contributed by atoms with Gasteiger partial charge in [-0.05, 0) is 74.5 Å². The molecule has 2 aromatic rings. The van der Waals surface area contributed by atoms with Crippen molar-refractivity contribution < 1.29 is 8.78 Å². The third-order valence-electron chi connectivity index (χ3n) is 2.03. The third-order valence-corrected chi connectivity index (χ3v) is 4.32. The van der Waals surface area contributed by atoms with Crippen LogP contribution >= 0.6 is 56.3 Å². The van der Waals surface area contributed by atoms with Crippen molar-refractivity contribution in [1.29, 1.82) is 0 Å². The summed E-state index contributed by atoms with van der Waals surface area (Å²) in [6.07, 6.45) is 1.92. The molecule has 0 unspecified atom stereocenters. The van der Waals surface area contributed by atoms with E-state index < -0.39 is 0 Å². The molecule has 0 atom stereocenters. The smallest absolute Gasteiger partial charge is 0.138 e. The van der Waals surface area contributed by atoms with Gasteiger partial charge in [0, 0.05) is 9.79 Å². The van der Waals surface area contributed by atoms with Crippen LogP contribution in [0, 0.1) is 11.6 Å². The van der Waals surface area contributed by atoms with Crippen LogP contribution in [0.5, 0.6) is 0 Å². The minimum Gasteiger partial charge on any atom is -0.206 e. The summed E-state index contributed by atoms with van der Waals surface area (Å²) in [5, 5.41) is 0. The molecule has 0 saturated carbocycles. The lowest BCUT2D eigenvalue weighted by atomic mass is 10.3. The highest BCUT2D eigenvalue weighted by Gasteiger charge is 1.98. The molecular weight excluding hydrogens is 430 g/mol. The van der Waals surface area contributed by atoms with Crippen molar-refractivity contribution in [2.24, 2.45) is 0 Å². The Labute approximate surface area is 145 Å². The molecule has 0 spiro atoms. The molecule has 0 bridgehead atoms. The van der Waals surface area contributed by atoms with Crippen LogP contribution in [0.4, 0.5) is 8.78 Å². The van der Waals surface area contributed by atoms with Gasteiger partial charge in [0.2, 0.25) is 0 Å². The summed E-state index contributed by atoms with van der Waals surface area (Å²) >= 11 is 11.6. The number of hydrogen-bond acceptors (Lipinski definition) is 2. The SMILES string of the molecule is C.CSc1ccc(Br)c(F)c1.Fc1cc(S)ccc1Br. The van der Waals surface area contributed by atoms with Gasteiger partial charge >= 0.3 is 0 Å². The molecule has 0 fully saturated rings. The Kier molecular flexibility index (Phi) is 9.80. The largest absolute Gasteiger partial charge is 0.206 e. The van der Waals surface area contributed by atoms with E-state index in [1.807, 2.05) is 12.3 Å². The van der Waals surface area contributed by atoms with Crippen molar-refractivity contribution in [3.05, 3.63) is 57.0 Å².